The van der Waals surface area contributed by atoms with Crippen LogP contribution in [-0.2, 0) is 10.5 Å². The quantitative estimate of drug-likeness (QED) is 0.846. The second-order valence-electron chi connectivity index (χ2n) is 5.97. The molecule has 1 aromatic rings. The Morgan fingerprint density at radius 3 is 2.70 bits per heavy atom. The number of nitrogens with one attached hydrogen (secondary N) is 1. The van der Waals surface area contributed by atoms with E-state index >= 15 is 0 Å². The van der Waals surface area contributed by atoms with Gasteiger partial charge in [-0.3, -0.25) is 10.1 Å². The number of hydrogen-bond acceptors (Lipinski definition) is 3. The van der Waals surface area contributed by atoms with E-state index in [1.54, 1.807) is 0 Å². The fourth-order valence-electron chi connectivity index (χ4n) is 2.94. The molecule has 0 amide bonds. The first-order valence-corrected chi connectivity index (χ1v) is 8.39. The Labute approximate surface area is 124 Å². The summed E-state index contributed by atoms with van der Waals surface area (Å²) in [5.74, 6) is 0.317. The van der Waals surface area contributed by atoms with E-state index in [0.717, 1.165) is 37.9 Å². The third-order valence-corrected chi connectivity index (χ3v) is 5.64. The monoisotopic (exact) mass is 291 g/mol. The molecule has 2 aliphatic carbocycles. The van der Waals surface area contributed by atoms with E-state index in [9.17, 15) is 9.90 Å². The fraction of sp³-hybridized carbons (Fsp3) is 0.562. The van der Waals surface area contributed by atoms with Gasteiger partial charge >= 0.3 is 5.97 Å². The van der Waals surface area contributed by atoms with E-state index in [1.807, 2.05) is 17.8 Å². The van der Waals surface area contributed by atoms with Gasteiger partial charge in [0.15, 0.2) is 0 Å². The van der Waals surface area contributed by atoms with E-state index < -0.39 is 11.5 Å². The van der Waals surface area contributed by atoms with Crippen molar-refractivity contribution in [2.24, 2.45) is 0 Å². The zero-order chi connectivity index (χ0) is 14.0. The summed E-state index contributed by atoms with van der Waals surface area (Å²) >= 11 is 1.90. The molecule has 0 aliphatic heterocycles. The number of hydrogen-bond donors (Lipinski definition) is 2. The van der Waals surface area contributed by atoms with Crippen molar-refractivity contribution < 1.29 is 9.90 Å². The van der Waals surface area contributed by atoms with E-state index in [4.69, 9.17) is 0 Å². The zero-order valence-corrected chi connectivity index (χ0v) is 12.4. The van der Waals surface area contributed by atoms with Gasteiger partial charge in [-0.1, -0.05) is 30.3 Å². The largest absolute Gasteiger partial charge is 0.480 e. The second kappa shape index (κ2) is 5.78. The predicted octanol–water partition coefficient (Wildman–Crippen LogP) is 3.05. The van der Waals surface area contributed by atoms with Crippen LogP contribution >= 0.6 is 11.8 Å². The number of benzene rings is 1. The molecule has 2 aliphatic rings. The average molecular weight is 291 g/mol. The maximum absolute atomic E-state index is 11.6. The third-order valence-electron chi connectivity index (χ3n) is 4.26. The van der Waals surface area contributed by atoms with E-state index in [1.165, 1.54) is 5.56 Å². The summed E-state index contributed by atoms with van der Waals surface area (Å²) in [6.45, 7) is 0. The predicted molar refractivity (Wildman–Crippen MR) is 81.9 cm³/mol. The van der Waals surface area contributed by atoms with Crippen LogP contribution in [0.25, 0.3) is 0 Å². The molecule has 2 unspecified atom stereocenters. The van der Waals surface area contributed by atoms with Gasteiger partial charge < -0.3 is 5.11 Å². The van der Waals surface area contributed by atoms with Crippen LogP contribution in [0, 0.1) is 0 Å². The van der Waals surface area contributed by atoms with Crippen LogP contribution in [0.4, 0.5) is 0 Å². The lowest BCUT2D eigenvalue weighted by Crippen LogP contribution is -2.51. The van der Waals surface area contributed by atoms with E-state index in [2.05, 4.69) is 29.6 Å². The van der Waals surface area contributed by atoms with Gasteiger partial charge in [0.1, 0.15) is 5.54 Å². The minimum atomic E-state index is -0.660. The molecule has 4 heteroatoms. The molecule has 0 saturated heterocycles. The standard InChI is InChI=1S/C16H21NO2S/c18-15(19)16(17-13-6-7-13)9-8-14(10-16)20-11-12-4-2-1-3-5-12/h1-5,13-14,17H,6-11H2,(H,18,19). The second-order valence-corrected chi connectivity index (χ2v) is 7.26. The summed E-state index contributed by atoms with van der Waals surface area (Å²) in [6, 6.07) is 10.9. The molecule has 0 heterocycles. The van der Waals surface area contributed by atoms with Crippen molar-refractivity contribution in [1.29, 1.82) is 0 Å². The van der Waals surface area contributed by atoms with Crippen LogP contribution in [0.15, 0.2) is 30.3 Å². The Morgan fingerprint density at radius 2 is 2.05 bits per heavy atom. The smallest absolute Gasteiger partial charge is 0.323 e. The Morgan fingerprint density at radius 1 is 1.30 bits per heavy atom. The Balaban J connectivity index is 1.56. The van der Waals surface area contributed by atoms with Crippen molar-refractivity contribution in [3.63, 3.8) is 0 Å². The highest BCUT2D eigenvalue weighted by molar-refractivity contribution is 7.99. The van der Waals surface area contributed by atoms with E-state index in [-0.39, 0.29) is 0 Å². The van der Waals surface area contributed by atoms with Crippen LogP contribution < -0.4 is 5.32 Å². The van der Waals surface area contributed by atoms with Crippen molar-refractivity contribution in [1.82, 2.24) is 5.32 Å². The highest BCUT2D eigenvalue weighted by Crippen LogP contribution is 2.40. The Kier molecular flexibility index (Phi) is 4.03. The molecule has 2 N–H and O–H groups in total. The van der Waals surface area contributed by atoms with Gasteiger partial charge in [-0.2, -0.15) is 11.8 Å². The lowest BCUT2D eigenvalue weighted by atomic mass is 9.98. The minimum absolute atomic E-state index is 0.448. The summed E-state index contributed by atoms with van der Waals surface area (Å²) in [5, 5.41) is 13.4. The van der Waals surface area contributed by atoms with Gasteiger partial charge in [0, 0.05) is 17.0 Å². The van der Waals surface area contributed by atoms with Crippen LogP contribution in [0.5, 0.6) is 0 Å². The van der Waals surface area contributed by atoms with Crippen LogP contribution in [0.3, 0.4) is 0 Å². The van der Waals surface area contributed by atoms with Crippen molar-refractivity contribution >= 4 is 17.7 Å². The third kappa shape index (κ3) is 3.18. The van der Waals surface area contributed by atoms with Crippen LogP contribution in [0.1, 0.15) is 37.7 Å². The molecule has 20 heavy (non-hydrogen) atoms. The van der Waals surface area contributed by atoms with E-state index in [0.29, 0.717) is 11.3 Å². The minimum Gasteiger partial charge on any atom is -0.480 e. The first kappa shape index (κ1) is 14.0. The van der Waals surface area contributed by atoms with Crippen molar-refractivity contribution in [3.8, 4) is 0 Å². The molecular weight excluding hydrogens is 270 g/mol. The first-order chi connectivity index (χ1) is 9.68. The molecule has 2 fully saturated rings. The van der Waals surface area contributed by atoms with Gasteiger partial charge in [0.2, 0.25) is 0 Å². The molecule has 0 radical (unpaired) electrons. The maximum atomic E-state index is 11.6. The topological polar surface area (TPSA) is 49.3 Å². The number of carboxylic acid groups (broad SMARTS) is 1. The summed E-state index contributed by atoms with van der Waals surface area (Å²) in [6.07, 6.45) is 4.80. The SMILES string of the molecule is O=C(O)C1(NC2CC2)CCC(SCc2ccccc2)C1. The zero-order valence-electron chi connectivity index (χ0n) is 11.5. The first-order valence-electron chi connectivity index (χ1n) is 7.35. The lowest BCUT2D eigenvalue weighted by molar-refractivity contribution is -0.144. The molecule has 3 nitrogen and oxygen atoms in total. The summed E-state index contributed by atoms with van der Waals surface area (Å²) in [7, 11) is 0. The van der Waals surface area contributed by atoms with Gasteiger partial charge in [-0.25, -0.2) is 0 Å². The molecule has 0 aromatic heterocycles. The maximum Gasteiger partial charge on any atom is 0.323 e. The normalized spacial score (nSPS) is 29.5. The summed E-state index contributed by atoms with van der Waals surface area (Å²) in [5.41, 5.74) is 0.663. The Bertz CT molecular complexity index is 475. The molecule has 2 saturated carbocycles. The average Bonchev–Trinajstić information content (AvgIpc) is 3.16. The summed E-state index contributed by atoms with van der Waals surface area (Å²) in [4.78, 5) is 11.6. The van der Waals surface area contributed by atoms with Gasteiger partial charge in [-0.15, -0.1) is 0 Å². The molecule has 1 aromatic carbocycles. The fourth-order valence-corrected chi connectivity index (χ4v) is 4.24. The molecule has 2 atom stereocenters. The number of carboxylic acids is 1. The number of rotatable bonds is 6. The van der Waals surface area contributed by atoms with Gasteiger partial charge in [0.05, 0.1) is 0 Å². The van der Waals surface area contributed by atoms with Gasteiger partial charge in [0.25, 0.3) is 0 Å². The highest BCUT2D eigenvalue weighted by atomic mass is 32.2. The van der Waals surface area contributed by atoms with Crippen molar-refractivity contribution in [3.05, 3.63) is 35.9 Å². The molecule has 0 bridgehead atoms. The Hall–Kier alpha value is -1.00. The molecular formula is C16H21NO2S. The van der Waals surface area contributed by atoms with Crippen LogP contribution in [-0.4, -0.2) is 27.9 Å². The number of aliphatic carboxylic acids is 1. The molecule has 3 rings (SSSR count). The van der Waals surface area contributed by atoms with Gasteiger partial charge in [-0.05, 0) is 37.7 Å². The number of carbonyl (C=O) groups is 1. The number of thioether (sulfide) groups is 1. The van der Waals surface area contributed by atoms with Crippen LogP contribution in [0.2, 0.25) is 0 Å². The van der Waals surface area contributed by atoms with Crippen molar-refractivity contribution in [2.45, 2.75) is 54.7 Å². The molecule has 108 valence electrons. The lowest BCUT2D eigenvalue weighted by Gasteiger charge is -2.26. The summed E-state index contributed by atoms with van der Waals surface area (Å²) < 4.78 is 0. The highest BCUT2D eigenvalue weighted by Gasteiger charge is 2.48. The van der Waals surface area contributed by atoms with Crippen molar-refractivity contribution in [2.75, 3.05) is 0 Å². The molecule has 0 spiro atoms.